The van der Waals surface area contributed by atoms with Crippen molar-refractivity contribution in [3.05, 3.63) is 90.0 Å². The molecule has 0 aliphatic carbocycles. The van der Waals surface area contributed by atoms with E-state index < -0.39 is 0 Å². The van der Waals surface area contributed by atoms with Crippen LogP contribution < -0.4 is 4.90 Å². The van der Waals surface area contributed by atoms with E-state index in [2.05, 4.69) is 97.6 Å². The molecule has 4 aromatic carbocycles. The van der Waals surface area contributed by atoms with E-state index >= 15 is 0 Å². The molecule has 0 unspecified atom stereocenters. The number of para-hydroxylation sites is 2. The molecule has 0 spiro atoms. The molecule has 6 rings (SSSR count). The predicted octanol–water partition coefficient (Wildman–Crippen LogP) is 6.93. The summed E-state index contributed by atoms with van der Waals surface area (Å²) in [6.07, 6.45) is 0. The van der Waals surface area contributed by atoms with Crippen LogP contribution in [0.2, 0.25) is 0 Å². The first-order chi connectivity index (χ1) is 12.7. The Morgan fingerprint density at radius 2 is 1.27 bits per heavy atom. The lowest BCUT2D eigenvalue weighted by molar-refractivity contribution is 0.632. The molecule has 0 saturated heterocycles. The van der Waals surface area contributed by atoms with Crippen LogP contribution in [0.1, 0.15) is 25.0 Å². The number of nitrogens with zero attached hydrogens (tertiary/aromatic N) is 1. The Balaban J connectivity index is 1.87. The van der Waals surface area contributed by atoms with Gasteiger partial charge < -0.3 is 4.90 Å². The van der Waals surface area contributed by atoms with Crippen LogP contribution in [0.5, 0.6) is 0 Å². The van der Waals surface area contributed by atoms with Gasteiger partial charge in [0.15, 0.2) is 0 Å². The highest BCUT2D eigenvalue weighted by Crippen LogP contribution is 2.59. The lowest BCUT2D eigenvalue weighted by Gasteiger charge is -2.45. The second-order valence-electron chi connectivity index (χ2n) is 7.86. The number of fused-ring (bicyclic) bond motifs is 4. The summed E-state index contributed by atoms with van der Waals surface area (Å²) in [5.41, 5.74) is 9.42. The fourth-order valence-electron chi connectivity index (χ4n) is 4.95. The van der Waals surface area contributed by atoms with Gasteiger partial charge in [-0.1, -0.05) is 80.6 Å². The summed E-state index contributed by atoms with van der Waals surface area (Å²) in [6, 6.07) is 29.0. The number of rotatable bonds is 0. The molecule has 2 heterocycles. The van der Waals surface area contributed by atoms with Crippen LogP contribution in [-0.4, -0.2) is 0 Å². The zero-order chi connectivity index (χ0) is 17.5. The largest absolute Gasteiger partial charge is 0.309 e. The average Bonchev–Trinajstić information content (AvgIpc) is 2.68. The average molecular weight is 333 g/mol. The van der Waals surface area contributed by atoms with E-state index in [1.807, 2.05) is 0 Å². The third kappa shape index (κ3) is 1.52. The molecule has 2 aliphatic rings. The van der Waals surface area contributed by atoms with E-state index in [0.717, 1.165) is 0 Å². The van der Waals surface area contributed by atoms with Crippen molar-refractivity contribution in [1.82, 2.24) is 0 Å². The van der Waals surface area contributed by atoms with Gasteiger partial charge in [-0.3, -0.25) is 0 Å². The Morgan fingerprint density at radius 1 is 0.615 bits per heavy atom. The van der Waals surface area contributed by atoms with Gasteiger partial charge in [-0.05, 0) is 34.2 Å². The molecule has 0 bridgehead atoms. The summed E-state index contributed by atoms with van der Waals surface area (Å²) in [5, 5.41) is 2.66. The van der Waals surface area contributed by atoms with Gasteiger partial charge >= 0.3 is 0 Å². The monoisotopic (exact) mass is 333 g/mol. The van der Waals surface area contributed by atoms with Gasteiger partial charge in [0.25, 0.3) is 0 Å². The second-order valence-corrected chi connectivity index (χ2v) is 7.86. The SMILES string of the molecule is CC1(C)c2ccccc2N2c3c(cccc31)-c1cccc3cccc2c13. The van der Waals surface area contributed by atoms with Gasteiger partial charge in [0.1, 0.15) is 0 Å². The highest BCUT2D eigenvalue weighted by Gasteiger charge is 2.40. The number of hydrogen-bond acceptors (Lipinski definition) is 1. The molecule has 0 saturated carbocycles. The molecule has 2 aliphatic heterocycles. The second kappa shape index (κ2) is 4.56. The van der Waals surface area contributed by atoms with E-state index in [1.54, 1.807) is 0 Å². The number of hydrogen-bond donors (Lipinski definition) is 0. The van der Waals surface area contributed by atoms with Crippen molar-refractivity contribution in [3.8, 4) is 11.1 Å². The molecule has 1 heteroatoms. The van der Waals surface area contributed by atoms with Gasteiger partial charge in [0.2, 0.25) is 0 Å². The van der Waals surface area contributed by atoms with E-state index in [0.29, 0.717) is 0 Å². The third-order valence-corrected chi connectivity index (χ3v) is 6.17. The Labute approximate surface area is 153 Å². The highest BCUT2D eigenvalue weighted by atomic mass is 15.2. The van der Waals surface area contributed by atoms with Crippen molar-refractivity contribution in [2.24, 2.45) is 0 Å². The van der Waals surface area contributed by atoms with Gasteiger partial charge in [-0.25, -0.2) is 0 Å². The van der Waals surface area contributed by atoms with Crippen LogP contribution in [-0.2, 0) is 5.41 Å². The lowest BCUT2D eigenvalue weighted by atomic mass is 9.71. The first-order valence-electron chi connectivity index (χ1n) is 9.23. The Kier molecular flexibility index (Phi) is 2.48. The Hall–Kier alpha value is -3.06. The van der Waals surface area contributed by atoms with Gasteiger partial charge in [0.05, 0.1) is 17.1 Å². The maximum atomic E-state index is 2.49. The van der Waals surface area contributed by atoms with Crippen LogP contribution >= 0.6 is 0 Å². The summed E-state index contributed by atoms with van der Waals surface area (Å²) in [4.78, 5) is 2.49. The third-order valence-electron chi connectivity index (χ3n) is 6.17. The summed E-state index contributed by atoms with van der Waals surface area (Å²) in [6.45, 7) is 4.69. The molecule has 0 amide bonds. The molecule has 0 atom stereocenters. The van der Waals surface area contributed by atoms with Crippen LogP contribution in [0.3, 0.4) is 0 Å². The fourth-order valence-corrected chi connectivity index (χ4v) is 4.95. The van der Waals surface area contributed by atoms with Crippen LogP contribution in [0, 0.1) is 0 Å². The summed E-state index contributed by atoms with van der Waals surface area (Å²) in [5.74, 6) is 0. The van der Waals surface area contributed by atoms with Gasteiger partial charge in [-0.2, -0.15) is 0 Å². The summed E-state index contributed by atoms with van der Waals surface area (Å²) in [7, 11) is 0. The minimum absolute atomic E-state index is 0.0153. The first kappa shape index (κ1) is 14.1. The predicted molar refractivity (Wildman–Crippen MR) is 110 cm³/mol. The highest BCUT2D eigenvalue weighted by molar-refractivity contribution is 6.15. The minimum Gasteiger partial charge on any atom is -0.309 e. The molecule has 0 fully saturated rings. The lowest BCUT2D eigenvalue weighted by Crippen LogP contribution is -2.32. The molecule has 124 valence electrons. The molecular weight excluding hydrogens is 314 g/mol. The first-order valence-corrected chi connectivity index (χ1v) is 9.23. The van der Waals surface area contributed by atoms with Crippen molar-refractivity contribution < 1.29 is 0 Å². The smallest absolute Gasteiger partial charge is 0.0581 e. The molecule has 4 aromatic rings. The molecule has 0 N–H and O–H groups in total. The van der Waals surface area contributed by atoms with E-state index in [-0.39, 0.29) is 5.41 Å². The Bertz CT molecular complexity index is 1210. The molecular formula is C25H19N. The fraction of sp³-hybridized carbons (Fsp3) is 0.120. The number of anilines is 3. The van der Waals surface area contributed by atoms with Crippen molar-refractivity contribution in [3.63, 3.8) is 0 Å². The van der Waals surface area contributed by atoms with Crippen LogP contribution in [0.15, 0.2) is 78.9 Å². The Morgan fingerprint density at radius 3 is 2.15 bits per heavy atom. The van der Waals surface area contributed by atoms with Gasteiger partial charge in [-0.15, -0.1) is 0 Å². The van der Waals surface area contributed by atoms with Crippen molar-refractivity contribution >= 4 is 27.8 Å². The number of benzene rings is 4. The quantitative estimate of drug-likeness (QED) is 0.297. The topological polar surface area (TPSA) is 3.24 Å². The zero-order valence-corrected chi connectivity index (χ0v) is 15.0. The molecule has 0 radical (unpaired) electrons. The van der Waals surface area contributed by atoms with E-state index in [4.69, 9.17) is 0 Å². The maximum Gasteiger partial charge on any atom is 0.0581 e. The van der Waals surface area contributed by atoms with Crippen molar-refractivity contribution in [2.45, 2.75) is 19.3 Å². The standard InChI is InChI=1S/C25H19N/c1-25(2)19-12-3-4-14-21(19)26-22-15-6-9-16-8-5-10-17(23(16)22)18-11-7-13-20(25)24(18)26/h3-15H,1-2H3. The van der Waals surface area contributed by atoms with Crippen LogP contribution in [0.4, 0.5) is 17.1 Å². The minimum atomic E-state index is -0.0153. The van der Waals surface area contributed by atoms with Crippen molar-refractivity contribution in [2.75, 3.05) is 4.90 Å². The van der Waals surface area contributed by atoms with Crippen molar-refractivity contribution in [1.29, 1.82) is 0 Å². The summed E-state index contributed by atoms with van der Waals surface area (Å²) >= 11 is 0. The molecule has 1 nitrogen and oxygen atoms in total. The normalized spacial score (nSPS) is 15.5. The molecule has 26 heavy (non-hydrogen) atoms. The zero-order valence-electron chi connectivity index (χ0n) is 15.0. The van der Waals surface area contributed by atoms with Gasteiger partial charge in [0, 0.05) is 16.4 Å². The van der Waals surface area contributed by atoms with E-state index in [1.165, 1.54) is 50.1 Å². The maximum absolute atomic E-state index is 2.49. The summed E-state index contributed by atoms with van der Waals surface area (Å²) < 4.78 is 0. The van der Waals surface area contributed by atoms with E-state index in [9.17, 15) is 0 Å². The van der Waals surface area contributed by atoms with Crippen LogP contribution in [0.25, 0.3) is 21.9 Å². The molecule has 0 aromatic heterocycles.